The highest BCUT2D eigenvalue weighted by Crippen LogP contribution is 2.22. The van der Waals surface area contributed by atoms with Crippen molar-refractivity contribution in [1.82, 2.24) is 0 Å². The normalized spacial score (nSPS) is 12.2. The van der Waals surface area contributed by atoms with Gasteiger partial charge in [-0.15, -0.1) is 0 Å². The maximum absolute atomic E-state index is 9.57. The molecule has 0 aliphatic heterocycles. The van der Waals surface area contributed by atoms with Gasteiger partial charge >= 0.3 is 0 Å². The standard InChI is InChI=1S/C16H18ClNO/c1-11-3-4-13(9-12(11)2)16(10-19)18-15-7-5-14(17)6-8-15/h3-9,16,18-19H,10H2,1-2H3. The first-order valence-electron chi connectivity index (χ1n) is 6.30. The van der Waals surface area contributed by atoms with E-state index >= 15 is 0 Å². The molecule has 0 spiro atoms. The van der Waals surface area contributed by atoms with Gasteiger partial charge in [0, 0.05) is 10.7 Å². The van der Waals surface area contributed by atoms with Crippen molar-refractivity contribution in [2.75, 3.05) is 11.9 Å². The van der Waals surface area contributed by atoms with E-state index < -0.39 is 0 Å². The summed E-state index contributed by atoms with van der Waals surface area (Å²) in [6.07, 6.45) is 0. The van der Waals surface area contributed by atoms with Crippen molar-refractivity contribution in [3.05, 3.63) is 64.2 Å². The van der Waals surface area contributed by atoms with Crippen LogP contribution in [0.4, 0.5) is 5.69 Å². The number of rotatable bonds is 4. The van der Waals surface area contributed by atoms with Gasteiger partial charge < -0.3 is 10.4 Å². The SMILES string of the molecule is Cc1ccc(C(CO)Nc2ccc(Cl)cc2)cc1C. The molecule has 0 saturated carbocycles. The van der Waals surface area contributed by atoms with Gasteiger partial charge in [0.05, 0.1) is 12.6 Å². The molecule has 0 saturated heterocycles. The first-order chi connectivity index (χ1) is 9.10. The van der Waals surface area contributed by atoms with Gasteiger partial charge in [0.25, 0.3) is 0 Å². The lowest BCUT2D eigenvalue weighted by atomic mass is 10.0. The number of anilines is 1. The van der Waals surface area contributed by atoms with Crippen LogP contribution in [0.3, 0.4) is 0 Å². The molecule has 1 atom stereocenters. The topological polar surface area (TPSA) is 32.3 Å². The van der Waals surface area contributed by atoms with Gasteiger partial charge in [0.15, 0.2) is 0 Å². The molecule has 0 aliphatic carbocycles. The van der Waals surface area contributed by atoms with Gasteiger partial charge in [0.2, 0.25) is 0 Å². The molecule has 0 amide bonds. The van der Waals surface area contributed by atoms with Crippen LogP contribution in [0.15, 0.2) is 42.5 Å². The van der Waals surface area contributed by atoms with Crippen LogP contribution < -0.4 is 5.32 Å². The Morgan fingerprint density at radius 3 is 2.32 bits per heavy atom. The van der Waals surface area contributed by atoms with Crippen molar-refractivity contribution in [1.29, 1.82) is 0 Å². The van der Waals surface area contributed by atoms with E-state index in [-0.39, 0.29) is 12.6 Å². The van der Waals surface area contributed by atoms with Crippen molar-refractivity contribution < 1.29 is 5.11 Å². The fourth-order valence-corrected chi connectivity index (χ4v) is 2.09. The summed E-state index contributed by atoms with van der Waals surface area (Å²) in [4.78, 5) is 0. The molecule has 0 radical (unpaired) electrons. The number of hydrogen-bond acceptors (Lipinski definition) is 2. The Morgan fingerprint density at radius 1 is 1.05 bits per heavy atom. The number of aliphatic hydroxyl groups is 1. The van der Waals surface area contributed by atoms with Crippen LogP contribution in [0.25, 0.3) is 0 Å². The third-order valence-electron chi connectivity index (χ3n) is 3.30. The van der Waals surface area contributed by atoms with Crippen molar-refractivity contribution in [2.45, 2.75) is 19.9 Å². The highest BCUT2D eigenvalue weighted by molar-refractivity contribution is 6.30. The molecule has 19 heavy (non-hydrogen) atoms. The van der Waals surface area contributed by atoms with E-state index in [1.165, 1.54) is 11.1 Å². The van der Waals surface area contributed by atoms with Gasteiger partial charge in [-0.2, -0.15) is 0 Å². The molecule has 2 aromatic rings. The van der Waals surface area contributed by atoms with E-state index in [0.717, 1.165) is 11.3 Å². The third-order valence-corrected chi connectivity index (χ3v) is 3.55. The maximum atomic E-state index is 9.57. The Bertz CT molecular complexity index is 551. The lowest BCUT2D eigenvalue weighted by Gasteiger charge is -2.19. The smallest absolute Gasteiger partial charge is 0.0745 e. The van der Waals surface area contributed by atoms with E-state index in [4.69, 9.17) is 11.6 Å². The van der Waals surface area contributed by atoms with Crippen LogP contribution in [0.2, 0.25) is 5.02 Å². The summed E-state index contributed by atoms with van der Waals surface area (Å²) < 4.78 is 0. The van der Waals surface area contributed by atoms with Crippen molar-refractivity contribution in [2.24, 2.45) is 0 Å². The van der Waals surface area contributed by atoms with Gasteiger partial charge in [-0.25, -0.2) is 0 Å². The molecule has 0 aliphatic rings. The summed E-state index contributed by atoms with van der Waals surface area (Å²) in [7, 11) is 0. The Morgan fingerprint density at radius 2 is 1.74 bits per heavy atom. The predicted octanol–water partition coefficient (Wildman–Crippen LogP) is 4.10. The van der Waals surface area contributed by atoms with E-state index in [2.05, 4.69) is 31.3 Å². The molecule has 100 valence electrons. The van der Waals surface area contributed by atoms with E-state index in [1.54, 1.807) is 0 Å². The molecule has 2 N–H and O–H groups in total. The summed E-state index contributed by atoms with van der Waals surface area (Å²) in [5.74, 6) is 0. The molecule has 2 nitrogen and oxygen atoms in total. The van der Waals surface area contributed by atoms with Crippen LogP contribution >= 0.6 is 11.6 Å². The molecule has 3 heteroatoms. The average Bonchev–Trinajstić information content (AvgIpc) is 2.41. The summed E-state index contributed by atoms with van der Waals surface area (Å²) in [5, 5.41) is 13.6. The van der Waals surface area contributed by atoms with E-state index in [0.29, 0.717) is 5.02 Å². The number of nitrogens with one attached hydrogen (secondary N) is 1. The summed E-state index contributed by atoms with van der Waals surface area (Å²) in [6, 6.07) is 13.6. The number of aliphatic hydroxyl groups excluding tert-OH is 1. The van der Waals surface area contributed by atoms with E-state index in [9.17, 15) is 5.11 Å². The van der Waals surface area contributed by atoms with Crippen LogP contribution in [0, 0.1) is 13.8 Å². The summed E-state index contributed by atoms with van der Waals surface area (Å²) in [6.45, 7) is 4.21. The Hall–Kier alpha value is -1.51. The Labute approximate surface area is 119 Å². The molecule has 1 unspecified atom stereocenters. The van der Waals surface area contributed by atoms with Crippen molar-refractivity contribution in [3.63, 3.8) is 0 Å². The fraction of sp³-hybridized carbons (Fsp3) is 0.250. The lowest BCUT2D eigenvalue weighted by molar-refractivity contribution is 0.276. The minimum atomic E-state index is -0.111. The molecule has 2 aromatic carbocycles. The minimum absolute atomic E-state index is 0.0468. The second-order valence-electron chi connectivity index (χ2n) is 4.73. The second kappa shape index (κ2) is 6.09. The minimum Gasteiger partial charge on any atom is -0.394 e. The van der Waals surface area contributed by atoms with Crippen molar-refractivity contribution in [3.8, 4) is 0 Å². The zero-order valence-electron chi connectivity index (χ0n) is 11.2. The molecule has 0 heterocycles. The highest BCUT2D eigenvalue weighted by atomic mass is 35.5. The van der Waals surface area contributed by atoms with Crippen LogP contribution in [-0.4, -0.2) is 11.7 Å². The molecule has 2 rings (SSSR count). The Kier molecular flexibility index (Phi) is 4.46. The Balaban J connectivity index is 2.19. The number of halogens is 1. The third kappa shape index (κ3) is 3.49. The van der Waals surface area contributed by atoms with Gasteiger partial charge in [0.1, 0.15) is 0 Å². The van der Waals surface area contributed by atoms with E-state index in [1.807, 2.05) is 30.3 Å². The van der Waals surface area contributed by atoms with Gasteiger partial charge in [-0.1, -0.05) is 29.8 Å². The molecule has 0 bridgehead atoms. The molecular weight excluding hydrogens is 258 g/mol. The maximum Gasteiger partial charge on any atom is 0.0745 e. The zero-order valence-corrected chi connectivity index (χ0v) is 11.9. The largest absolute Gasteiger partial charge is 0.394 e. The van der Waals surface area contributed by atoms with Gasteiger partial charge in [-0.05, 0) is 54.8 Å². The van der Waals surface area contributed by atoms with Crippen molar-refractivity contribution >= 4 is 17.3 Å². The fourth-order valence-electron chi connectivity index (χ4n) is 1.96. The lowest BCUT2D eigenvalue weighted by Crippen LogP contribution is -2.15. The average molecular weight is 276 g/mol. The quantitative estimate of drug-likeness (QED) is 0.880. The van der Waals surface area contributed by atoms with Crippen LogP contribution in [-0.2, 0) is 0 Å². The number of hydrogen-bond donors (Lipinski definition) is 2. The predicted molar refractivity (Wildman–Crippen MR) is 80.8 cm³/mol. The number of aryl methyl sites for hydroxylation is 2. The number of benzene rings is 2. The first-order valence-corrected chi connectivity index (χ1v) is 6.68. The first kappa shape index (κ1) is 13.9. The molecular formula is C16H18ClNO. The monoisotopic (exact) mass is 275 g/mol. The summed E-state index contributed by atoms with van der Waals surface area (Å²) >= 11 is 5.86. The summed E-state index contributed by atoms with van der Waals surface area (Å²) in [5.41, 5.74) is 4.52. The molecule has 0 aromatic heterocycles. The zero-order chi connectivity index (χ0) is 13.8. The highest BCUT2D eigenvalue weighted by Gasteiger charge is 2.10. The van der Waals surface area contributed by atoms with Crippen LogP contribution in [0.1, 0.15) is 22.7 Å². The van der Waals surface area contributed by atoms with Crippen LogP contribution in [0.5, 0.6) is 0 Å². The second-order valence-corrected chi connectivity index (χ2v) is 5.17. The molecule has 0 fully saturated rings. The van der Waals surface area contributed by atoms with Gasteiger partial charge in [-0.3, -0.25) is 0 Å².